The molecule has 84 valence electrons. The minimum atomic E-state index is 0.362. The Morgan fingerprint density at radius 1 is 0.941 bits per heavy atom. The molecule has 5 nitrogen and oxygen atoms in total. The van der Waals surface area contributed by atoms with Gasteiger partial charge < -0.3 is 0 Å². The lowest BCUT2D eigenvalue weighted by Gasteiger charge is -1.98. The second kappa shape index (κ2) is 3.94. The molecule has 0 spiro atoms. The maximum atomic E-state index is 5.83. The van der Waals surface area contributed by atoms with Crippen LogP contribution in [0.15, 0.2) is 30.3 Å². The molecular weight excluding hydrogens is 261 g/mol. The van der Waals surface area contributed by atoms with Crippen LogP contribution in [-0.4, -0.2) is 24.8 Å². The highest BCUT2D eigenvalue weighted by Crippen LogP contribution is 2.18. The van der Waals surface area contributed by atoms with E-state index in [-0.39, 0.29) is 0 Å². The highest BCUT2D eigenvalue weighted by atomic mass is 35.5. The summed E-state index contributed by atoms with van der Waals surface area (Å²) < 4.78 is 1.53. The Morgan fingerprint density at radius 2 is 1.82 bits per heavy atom. The summed E-state index contributed by atoms with van der Waals surface area (Å²) >= 11 is 11.7. The monoisotopic (exact) mass is 265 g/mol. The van der Waals surface area contributed by atoms with Crippen molar-refractivity contribution in [2.45, 2.75) is 0 Å². The van der Waals surface area contributed by atoms with Crippen molar-refractivity contribution in [2.75, 3.05) is 0 Å². The van der Waals surface area contributed by atoms with Gasteiger partial charge in [0.25, 0.3) is 0 Å². The highest BCUT2D eigenvalue weighted by molar-refractivity contribution is 6.29. The van der Waals surface area contributed by atoms with Crippen LogP contribution >= 0.6 is 23.2 Å². The maximum absolute atomic E-state index is 5.83. The third kappa shape index (κ3) is 1.83. The van der Waals surface area contributed by atoms with E-state index in [2.05, 4.69) is 20.3 Å². The summed E-state index contributed by atoms with van der Waals surface area (Å²) in [5.41, 5.74) is 1.20. The van der Waals surface area contributed by atoms with Crippen LogP contribution in [0.4, 0.5) is 0 Å². The number of fused-ring (bicyclic) bond motifs is 1. The molecule has 0 aromatic carbocycles. The van der Waals surface area contributed by atoms with Gasteiger partial charge in [0, 0.05) is 0 Å². The van der Waals surface area contributed by atoms with Gasteiger partial charge in [-0.15, -0.1) is 10.2 Å². The van der Waals surface area contributed by atoms with Gasteiger partial charge in [-0.05, 0) is 24.3 Å². The molecule has 3 aromatic heterocycles. The highest BCUT2D eigenvalue weighted by Gasteiger charge is 2.10. The lowest BCUT2D eigenvalue weighted by Crippen LogP contribution is -1.96. The van der Waals surface area contributed by atoms with Crippen molar-refractivity contribution in [3.05, 3.63) is 40.6 Å². The molecule has 3 aromatic rings. The summed E-state index contributed by atoms with van der Waals surface area (Å²) in [7, 11) is 0. The Morgan fingerprint density at radius 3 is 2.65 bits per heavy atom. The number of rotatable bonds is 1. The standard InChI is InChI=1S/C10H5Cl2N5/c11-7-3-1-2-6(13-7)10-15-14-9-5-4-8(12)16-17(9)10/h1-5H. The molecule has 0 aliphatic carbocycles. The number of hydrogen-bond acceptors (Lipinski definition) is 4. The lowest BCUT2D eigenvalue weighted by molar-refractivity contribution is 0.930. The number of hydrogen-bond donors (Lipinski definition) is 0. The van der Waals surface area contributed by atoms with Crippen molar-refractivity contribution in [2.24, 2.45) is 0 Å². The molecule has 0 amide bonds. The molecule has 3 heterocycles. The van der Waals surface area contributed by atoms with E-state index in [0.717, 1.165) is 0 Å². The Hall–Kier alpha value is -1.72. The molecule has 0 radical (unpaired) electrons. The zero-order chi connectivity index (χ0) is 11.8. The first-order valence-electron chi connectivity index (χ1n) is 4.75. The molecule has 0 fully saturated rings. The first kappa shape index (κ1) is 10.4. The summed E-state index contributed by atoms with van der Waals surface area (Å²) in [5, 5.41) is 12.9. The van der Waals surface area contributed by atoms with E-state index in [4.69, 9.17) is 23.2 Å². The van der Waals surface area contributed by atoms with Gasteiger partial charge in [0.1, 0.15) is 16.0 Å². The fourth-order valence-corrected chi connectivity index (χ4v) is 1.76. The average molecular weight is 266 g/mol. The summed E-state index contributed by atoms with van der Waals surface area (Å²) in [6, 6.07) is 8.65. The zero-order valence-electron chi connectivity index (χ0n) is 8.38. The molecule has 0 atom stereocenters. The molecule has 3 rings (SSSR count). The Labute approximate surface area is 106 Å². The number of aromatic nitrogens is 5. The van der Waals surface area contributed by atoms with Gasteiger partial charge in [-0.2, -0.15) is 9.61 Å². The van der Waals surface area contributed by atoms with Crippen LogP contribution in [0, 0.1) is 0 Å². The van der Waals surface area contributed by atoms with E-state index in [1.54, 1.807) is 30.3 Å². The minimum Gasteiger partial charge on any atom is -0.233 e. The van der Waals surface area contributed by atoms with E-state index in [0.29, 0.717) is 27.5 Å². The Kier molecular flexibility index (Phi) is 2.42. The van der Waals surface area contributed by atoms with Crippen LogP contribution in [0.1, 0.15) is 0 Å². The number of pyridine rings is 1. The van der Waals surface area contributed by atoms with E-state index in [1.165, 1.54) is 4.52 Å². The predicted molar refractivity (Wildman–Crippen MR) is 64.0 cm³/mol. The third-order valence-electron chi connectivity index (χ3n) is 2.17. The van der Waals surface area contributed by atoms with Gasteiger partial charge >= 0.3 is 0 Å². The zero-order valence-corrected chi connectivity index (χ0v) is 9.89. The fourth-order valence-electron chi connectivity index (χ4n) is 1.46. The van der Waals surface area contributed by atoms with Gasteiger partial charge in [0.2, 0.25) is 5.82 Å². The van der Waals surface area contributed by atoms with Crippen molar-refractivity contribution in [3.8, 4) is 11.5 Å². The molecular formula is C10H5Cl2N5. The quantitative estimate of drug-likeness (QED) is 0.635. The first-order valence-corrected chi connectivity index (χ1v) is 5.50. The normalized spacial score (nSPS) is 10.9. The van der Waals surface area contributed by atoms with Gasteiger partial charge in [-0.25, -0.2) is 4.98 Å². The van der Waals surface area contributed by atoms with Crippen LogP contribution in [0.3, 0.4) is 0 Å². The predicted octanol–water partition coefficient (Wildman–Crippen LogP) is 2.49. The van der Waals surface area contributed by atoms with Crippen LogP contribution in [-0.2, 0) is 0 Å². The summed E-state index contributed by atoms with van der Waals surface area (Å²) in [6.07, 6.45) is 0. The van der Waals surface area contributed by atoms with Gasteiger partial charge in [0.15, 0.2) is 5.65 Å². The maximum Gasteiger partial charge on any atom is 0.203 e. The number of nitrogens with zero attached hydrogens (tertiary/aromatic N) is 5. The minimum absolute atomic E-state index is 0.362. The van der Waals surface area contributed by atoms with E-state index in [1.807, 2.05) is 0 Å². The van der Waals surface area contributed by atoms with Crippen molar-refractivity contribution >= 4 is 28.8 Å². The van der Waals surface area contributed by atoms with Crippen molar-refractivity contribution in [1.82, 2.24) is 24.8 Å². The van der Waals surface area contributed by atoms with E-state index >= 15 is 0 Å². The molecule has 0 saturated carbocycles. The van der Waals surface area contributed by atoms with Crippen LogP contribution in [0.2, 0.25) is 10.3 Å². The van der Waals surface area contributed by atoms with Crippen molar-refractivity contribution < 1.29 is 0 Å². The Bertz CT molecular complexity index is 694. The van der Waals surface area contributed by atoms with Crippen molar-refractivity contribution in [3.63, 3.8) is 0 Å². The third-order valence-corrected chi connectivity index (χ3v) is 2.59. The van der Waals surface area contributed by atoms with Crippen LogP contribution < -0.4 is 0 Å². The topological polar surface area (TPSA) is 56.0 Å². The Balaban J connectivity index is 2.27. The smallest absolute Gasteiger partial charge is 0.203 e. The number of halogens is 2. The molecule has 7 heteroatoms. The van der Waals surface area contributed by atoms with E-state index in [9.17, 15) is 0 Å². The van der Waals surface area contributed by atoms with Gasteiger partial charge in [-0.1, -0.05) is 29.3 Å². The molecule has 0 bridgehead atoms. The molecule has 0 aliphatic rings. The average Bonchev–Trinajstić information content (AvgIpc) is 2.71. The fraction of sp³-hybridized carbons (Fsp3) is 0. The van der Waals surface area contributed by atoms with Gasteiger partial charge in [0.05, 0.1) is 0 Å². The lowest BCUT2D eigenvalue weighted by atomic mass is 10.3. The summed E-state index contributed by atoms with van der Waals surface area (Å²) in [5.74, 6) is 0.505. The van der Waals surface area contributed by atoms with Gasteiger partial charge in [-0.3, -0.25) is 0 Å². The largest absolute Gasteiger partial charge is 0.233 e. The molecule has 0 unspecified atom stereocenters. The molecule has 0 saturated heterocycles. The molecule has 0 aliphatic heterocycles. The van der Waals surface area contributed by atoms with Crippen LogP contribution in [0.25, 0.3) is 17.2 Å². The first-order chi connectivity index (χ1) is 8.24. The van der Waals surface area contributed by atoms with Crippen LogP contribution in [0.5, 0.6) is 0 Å². The molecule has 0 N–H and O–H groups in total. The summed E-state index contributed by atoms with van der Waals surface area (Å²) in [4.78, 5) is 4.15. The second-order valence-corrected chi connectivity index (χ2v) is 4.07. The SMILES string of the molecule is Clc1cccc(-c2nnc3ccc(Cl)nn23)n1. The second-order valence-electron chi connectivity index (χ2n) is 3.30. The summed E-state index contributed by atoms with van der Waals surface area (Å²) in [6.45, 7) is 0. The molecule has 17 heavy (non-hydrogen) atoms. The van der Waals surface area contributed by atoms with E-state index < -0.39 is 0 Å². The van der Waals surface area contributed by atoms with Crippen molar-refractivity contribution in [1.29, 1.82) is 0 Å².